The van der Waals surface area contributed by atoms with Crippen LogP contribution >= 0.6 is 15.9 Å². The maximum Gasteiger partial charge on any atom is 0.165 e. The van der Waals surface area contributed by atoms with Crippen molar-refractivity contribution in [3.05, 3.63) is 22.6 Å². The lowest BCUT2D eigenvalue weighted by Gasteiger charge is -2.10. The van der Waals surface area contributed by atoms with Gasteiger partial charge in [0.2, 0.25) is 0 Å². The minimum absolute atomic E-state index is 0.282. The first-order chi connectivity index (χ1) is 9.02. The lowest BCUT2D eigenvalue weighted by atomic mass is 10.1. The fourth-order valence-corrected chi connectivity index (χ4v) is 2.46. The Labute approximate surface area is 121 Å². The molecule has 0 aliphatic carbocycles. The second-order valence-electron chi connectivity index (χ2n) is 4.78. The van der Waals surface area contributed by atoms with Crippen molar-refractivity contribution >= 4 is 21.7 Å². The predicted octanol–water partition coefficient (Wildman–Crippen LogP) is 3.22. The summed E-state index contributed by atoms with van der Waals surface area (Å²) in [4.78, 5) is 8.91. The molecule has 0 bridgehead atoms. The summed E-state index contributed by atoms with van der Waals surface area (Å²) in [6.07, 6.45) is 4.78. The highest BCUT2D eigenvalue weighted by molar-refractivity contribution is 9.10. The number of nitrogen functional groups attached to an aromatic ring is 1. The fraction of sp³-hybridized carbons (Fsp3) is 0.462. The van der Waals surface area contributed by atoms with Crippen LogP contribution in [0.15, 0.2) is 16.9 Å². The summed E-state index contributed by atoms with van der Waals surface area (Å²) >= 11 is 3.45. The van der Waals surface area contributed by atoms with Crippen LogP contribution in [0.3, 0.4) is 0 Å². The molecule has 0 aromatic carbocycles. The standard InChI is InChI=1S/C13H18BrN5/c1-4-5-19-7-9(6-16-19)13-17-11(8(2)3)10(14)12(15)18-13/h6-8H,4-5H2,1-3H3,(H2,15,17,18). The average molecular weight is 324 g/mol. The highest BCUT2D eigenvalue weighted by atomic mass is 79.9. The molecule has 0 aliphatic rings. The third kappa shape index (κ3) is 2.94. The summed E-state index contributed by atoms with van der Waals surface area (Å²) in [6.45, 7) is 7.17. The molecule has 0 saturated carbocycles. The van der Waals surface area contributed by atoms with Gasteiger partial charge >= 0.3 is 0 Å². The Morgan fingerprint density at radius 2 is 2.11 bits per heavy atom. The minimum atomic E-state index is 0.282. The van der Waals surface area contributed by atoms with Crippen molar-refractivity contribution in [1.29, 1.82) is 0 Å². The normalized spacial score (nSPS) is 11.2. The molecule has 2 aromatic rings. The molecule has 5 nitrogen and oxygen atoms in total. The first-order valence-corrected chi connectivity index (χ1v) is 7.18. The van der Waals surface area contributed by atoms with Gasteiger partial charge in [-0.3, -0.25) is 4.68 Å². The van der Waals surface area contributed by atoms with Gasteiger partial charge in [-0.25, -0.2) is 9.97 Å². The molecule has 0 saturated heterocycles. The Hall–Kier alpha value is -1.43. The second kappa shape index (κ2) is 5.69. The number of aromatic nitrogens is 4. The molecule has 0 radical (unpaired) electrons. The molecule has 2 rings (SSSR count). The van der Waals surface area contributed by atoms with Gasteiger partial charge in [0, 0.05) is 12.7 Å². The van der Waals surface area contributed by atoms with Crippen molar-refractivity contribution in [1.82, 2.24) is 19.7 Å². The van der Waals surface area contributed by atoms with E-state index >= 15 is 0 Å². The zero-order valence-corrected chi connectivity index (χ0v) is 13.0. The maximum atomic E-state index is 5.94. The third-order valence-corrected chi connectivity index (χ3v) is 3.61. The molecular formula is C13H18BrN5. The molecule has 6 heteroatoms. The predicted molar refractivity (Wildman–Crippen MR) is 79.7 cm³/mol. The SMILES string of the molecule is CCCn1cc(-c2nc(N)c(Br)c(C(C)C)n2)cn1. The van der Waals surface area contributed by atoms with Gasteiger partial charge in [-0.1, -0.05) is 20.8 Å². The van der Waals surface area contributed by atoms with Crippen LogP contribution in [-0.4, -0.2) is 19.7 Å². The van der Waals surface area contributed by atoms with E-state index in [1.165, 1.54) is 0 Å². The molecule has 102 valence electrons. The summed E-state index contributed by atoms with van der Waals surface area (Å²) in [5.41, 5.74) is 7.76. The van der Waals surface area contributed by atoms with Crippen LogP contribution < -0.4 is 5.73 Å². The van der Waals surface area contributed by atoms with Crippen LogP contribution in [0.25, 0.3) is 11.4 Å². The molecule has 19 heavy (non-hydrogen) atoms. The van der Waals surface area contributed by atoms with Crippen LogP contribution in [0.2, 0.25) is 0 Å². The van der Waals surface area contributed by atoms with Crippen LogP contribution in [0, 0.1) is 0 Å². The van der Waals surface area contributed by atoms with E-state index in [0.717, 1.165) is 28.7 Å². The van der Waals surface area contributed by atoms with E-state index in [-0.39, 0.29) is 5.92 Å². The number of nitrogens with zero attached hydrogens (tertiary/aromatic N) is 4. The largest absolute Gasteiger partial charge is 0.383 e. The van der Waals surface area contributed by atoms with Gasteiger partial charge in [0.1, 0.15) is 5.82 Å². The van der Waals surface area contributed by atoms with Crippen LogP contribution in [0.4, 0.5) is 5.82 Å². The van der Waals surface area contributed by atoms with E-state index in [9.17, 15) is 0 Å². The van der Waals surface area contributed by atoms with Gasteiger partial charge in [-0.15, -0.1) is 0 Å². The number of hydrogen-bond donors (Lipinski definition) is 1. The lowest BCUT2D eigenvalue weighted by molar-refractivity contribution is 0.603. The Morgan fingerprint density at radius 1 is 1.37 bits per heavy atom. The summed E-state index contributed by atoms with van der Waals surface area (Å²) in [5.74, 6) is 1.38. The van der Waals surface area contributed by atoms with E-state index in [0.29, 0.717) is 11.6 Å². The van der Waals surface area contributed by atoms with Crippen molar-refractivity contribution < 1.29 is 0 Å². The van der Waals surface area contributed by atoms with Gasteiger partial charge in [0.05, 0.1) is 21.9 Å². The number of rotatable bonds is 4. The minimum Gasteiger partial charge on any atom is -0.383 e. The van der Waals surface area contributed by atoms with Crippen molar-refractivity contribution in [2.75, 3.05) is 5.73 Å². The smallest absolute Gasteiger partial charge is 0.165 e. The van der Waals surface area contributed by atoms with Gasteiger partial charge in [0.15, 0.2) is 5.82 Å². The van der Waals surface area contributed by atoms with Gasteiger partial charge < -0.3 is 5.73 Å². The van der Waals surface area contributed by atoms with E-state index in [4.69, 9.17) is 5.73 Å². The zero-order valence-electron chi connectivity index (χ0n) is 11.4. The van der Waals surface area contributed by atoms with Crippen molar-refractivity contribution in [3.8, 4) is 11.4 Å². The average Bonchev–Trinajstić information content (AvgIpc) is 2.81. The fourth-order valence-electron chi connectivity index (χ4n) is 1.82. The second-order valence-corrected chi connectivity index (χ2v) is 5.57. The monoisotopic (exact) mass is 323 g/mol. The zero-order chi connectivity index (χ0) is 14.0. The van der Waals surface area contributed by atoms with E-state index in [1.54, 1.807) is 6.20 Å². The van der Waals surface area contributed by atoms with E-state index in [1.807, 2.05) is 10.9 Å². The molecule has 2 aromatic heterocycles. The summed E-state index contributed by atoms with van der Waals surface area (Å²) in [6, 6.07) is 0. The Morgan fingerprint density at radius 3 is 2.74 bits per heavy atom. The third-order valence-electron chi connectivity index (χ3n) is 2.79. The summed E-state index contributed by atoms with van der Waals surface area (Å²) in [5, 5.41) is 4.29. The number of hydrogen-bond acceptors (Lipinski definition) is 4. The van der Waals surface area contributed by atoms with Crippen molar-refractivity contribution in [3.63, 3.8) is 0 Å². The van der Waals surface area contributed by atoms with Gasteiger partial charge in [-0.05, 0) is 28.3 Å². The Balaban J connectivity index is 2.44. The van der Waals surface area contributed by atoms with Crippen molar-refractivity contribution in [2.24, 2.45) is 0 Å². The van der Waals surface area contributed by atoms with Gasteiger partial charge in [0.25, 0.3) is 0 Å². The maximum absolute atomic E-state index is 5.94. The van der Waals surface area contributed by atoms with Crippen LogP contribution in [-0.2, 0) is 6.54 Å². The summed E-state index contributed by atoms with van der Waals surface area (Å²) < 4.78 is 2.68. The highest BCUT2D eigenvalue weighted by Gasteiger charge is 2.15. The number of aryl methyl sites for hydroxylation is 1. The molecule has 2 N–H and O–H groups in total. The summed E-state index contributed by atoms with van der Waals surface area (Å²) in [7, 11) is 0. The van der Waals surface area contributed by atoms with Crippen LogP contribution in [0.5, 0.6) is 0 Å². The Bertz CT molecular complexity index is 576. The molecule has 0 fully saturated rings. The van der Waals surface area contributed by atoms with Crippen LogP contribution in [0.1, 0.15) is 38.8 Å². The molecule has 2 heterocycles. The number of anilines is 1. The molecule has 0 spiro atoms. The Kier molecular flexibility index (Phi) is 4.19. The lowest BCUT2D eigenvalue weighted by Crippen LogP contribution is -2.04. The number of halogens is 1. The highest BCUT2D eigenvalue weighted by Crippen LogP contribution is 2.29. The molecular weight excluding hydrogens is 306 g/mol. The topological polar surface area (TPSA) is 69.6 Å². The quantitative estimate of drug-likeness (QED) is 0.937. The van der Waals surface area contributed by atoms with E-state index in [2.05, 4.69) is 51.8 Å². The molecule has 0 atom stereocenters. The first kappa shape index (κ1) is 14.0. The molecule has 0 aliphatic heterocycles. The van der Waals surface area contributed by atoms with Gasteiger partial charge in [-0.2, -0.15) is 5.10 Å². The first-order valence-electron chi connectivity index (χ1n) is 6.38. The molecule has 0 amide bonds. The van der Waals surface area contributed by atoms with E-state index < -0.39 is 0 Å². The van der Waals surface area contributed by atoms with Crippen molar-refractivity contribution in [2.45, 2.75) is 39.7 Å². The number of nitrogens with two attached hydrogens (primary N) is 1. The molecule has 0 unspecified atom stereocenters.